The average Bonchev–Trinajstić information content (AvgIpc) is 1.94. The summed E-state index contributed by atoms with van der Waals surface area (Å²) in [5, 5.41) is 9.60. The molecular formula is C10H20O. The minimum Gasteiger partial charge on any atom is -0.393 e. The third-order valence-electron chi connectivity index (χ3n) is 3.14. The van der Waals surface area contributed by atoms with Crippen LogP contribution < -0.4 is 0 Å². The standard InChI is InChI=1S/C10H20O/c1-7(2)9-5-4-8(3)10(11)6-9/h7-11H,4-6H2,1-3H3/t8?,9?,10-/m1/s1. The molecule has 0 saturated heterocycles. The van der Waals surface area contributed by atoms with Gasteiger partial charge in [0.25, 0.3) is 0 Å². The van der Waals surface area contributed by atoms with Gasteiger partial charge in [0.1, 0.15) is 0 Å². The van der Waals surface area contributed by atoms with E-state index >= 15 is 0 Å². The van der Waals surface area contributed by atoms with Crippen LogP contribution >= 0.6 is 0 Å². The van der Waals surface area contributed by atoms with Crippen molar-refractivity contribution in [2.75, 3.05) is 0 Å². The number of hydrogen-bond donors (Lipinski definition) is 1. The van der Waals surface area contributed by atoms with Crippen molar-refractivity contribution >= 4 is 0 Å². The Morgan fingerprint density at radius 1 is 1.27 bits per heavy atom. The molecule has 1 saturated carbocycles. The number of hydrogen-bond acceptors (Lipinski definition) is 1. The van der Waals surface area contributed by atoms with E-state index in [1.165, 1.54) is 12.8 Å². The van der Waals surface area contributed by atoms with Crippen molar-refractivity contribution in [2.24, 2.45) is 17.8 Å². The summed E-state index contributed by atoms with van der Waals surface area (Å²) in [5.74, 6) is 2.04. The van der Waals surface area contributed by atoms with Gasteiger partial charge in [0.15, 0.2) is 0 Å². The van der Waals surface area contributed by atoms with Crippen molar-refractivity contribution < 1.29 is 5.11 Å². The van der Waals surface area contributed by atoms with Gasteiger partial charge < -0.3 is 5.11 Å². The van der Waals surface area contributed by atoms with Gasteiger partial charge in [-0.15, -0.1) is 0 Å². The summed E-state index contributed by atoms with van der Waals surface area (Å²) in [6, 6.07) is 0. The third kappa shape index (κ3) is 2.19. The zero-order valence-corrected chi connectivity index (χ0v) is 7.88. The van der Waals surface area contributed by atoms with Crippen molar-refractivity contribution in [3.63, 3.8) is 0 Å². The van der Waals surface area contributed by atoms with E-state index in [-0.39, 0.29) is 6.10 Å². The normalized spacial score (nSPS) is 39.5. The van der Waals surface area contributed by atoms with Gasteiger partial charge in [-0.3, -0.25) is 0 Å². The molecule has 0 aromatic carbocycles. The van der Waals surface area contributed by atoms with Crippen LogP contribution in [-0.4, -0.2) is 11.2 Å². The van der Waals surface area contributed by atoms with E-state index in [9.17, 15) is 5.11 Å². The van der Waals surface area contributed by atoms with E-state index in [0.29, 0.717) is 5.92 Å². The molecule has 0 radical (unpaired) electrons. The highest BCUT2D eigenvalue weighted by Gasteiger charge is 2.27. The van der Waals surface area contributed by atoms with E-state index in [1.807, 2.05) is 0 Å². The summed E-state index contributed by atoms with van der Waals surface area (Å²) in [6.07, 6.45) is 3.52. The predicted molar refractivity (Wildman–Crippen MR) is 47.3 cm³/mol. The van der Waals surface area contributed by atoms with Gasteiger partial charge in [-0.1, -0.05) is 20.8 Å². The molecule has 0 spiro atoms. The summed E-state index contributed by atoms with van der Waals surface area (Å²) < 4.78 is 0. The van der Waals surface area contributed by atoms with Gasteiger partial charge in [-0.05, 0) is 37.0 Å². The van der Waals surface area contributed by atoms with Gasteiger partial charge in [-0.25, -0.2) is 0 Å². The second-order valence-corrected chi connectivity index (χ2v) is 4.36. The maximum Gasteiger partial charge on any atom is 0.0568 e. The van der Waals surface area contributed by atoms with Crippen LogP contribution in [0.5, 0.6) is 0 Å². The second-order valence-electron chi connectivity index (χ2n) is 4.36. The SMILES string of the molecule is CC(C)C1CCC(C)[C@H](O)C1. The van der Waals surface area contributed by atoms with Gasteiger partial charge in [0.2, 0.25) is 0 Å². The summed E-state index contributed by atoms with van der Waals surface area (Å²) in [5.41, 5.74) is 0. The fourth-order valence-electron chi connectivity index (χ4n) is 1.94. The Labute approximate surface area is 69.8 Å². The molecule has 0 aromatic heterocycles. The smallest absolute Gasteiger partial charge is 0.0568 e. The molecule has 0 bridgehead atoms. The number of aliphatic hydroxyl groups is 1. The lowest BCUT2D eigenvalue weighted by molar-refractivity contribution is 0.0410. The number of rotatable bonds is 1. The highest BCUT2D eigenvalue weighted by molar-refractivity contribution is 4.78. The van der Waals surface area contributed by atoms with E-state index in [4.69, 9.17) is 0 Å². The molecule has 11 heavy (non-hydrogen) atoms. The summed E-state index contributed by atoms with van der Waals surface area (Å²) in [6.45, 7) is 6.67. The summed E-state index contributed by atoms with van der Waals surface area (Å²) in [4.78, 5) is 0. The van der Waals surface area contributed by atoms with Gasteiger partial charge in [-0.2, -0.15) is 0 Å². The fraction of sp³-hybridized carbons (Fsp3) is 1.00. The first-order valence-corrected chi connectivity index (χ1v) is 4.79. The monoisotopic (exact) mass is 156 g/mol. The molecule has 0 amide bonds. The van der Waals surface area contributed by atoms with Crippen molar-refractivity contribution in [1.82, 2.24) is 0 Å². The maximum atomic E-state index is 9.60. The van der Waals surface area contributed by atoms with Crippen molar-refractivity contribution in [3.05, 3.63) is 0 Å². The molecule has 1 heteroatoms. The minimum absolute atomic E-state index is 0.0313. The lowest BCUT2D eigenvalue weighted by atomic mass is 9.76. The molecule has 1 N–H and O–H groups in total. The second kappa shape index (κ2) is 3.57. The minimum atomic E-state index is -0.0313. The summed E-state index contributed by atoms with van der Waals surface area (Å²) >= 11 is 0. The molecule has 3 atom stereocenters. The van der Waals surface area contributed by atoms with Crippen LogP contribution in [-0.2, 0) is 0 Å². The molecule has 1 aliphatic carbocycles. The zero-order chi connectivity index (χ0) is 8.43. The Morgan fingerprint density at radius 3 is 2.36 bits per heavy atom. The molecular weight excluding hydrogens is 136 g/mol. The third-order valence-corrected chi connectivity index (χ3v) is 3.14. The Hall–Kier alpha value is -0.0400. The molecule has 0 aliphatic heterocycles. The Kier molecular flexibility index (Phi) is 2.94. The zero-order valence-electron chi connectivity index (χ0n) is 7.88. The molecule has 1 nitrogen and oxygen atoms in total. The molecule has 0 aromatic rings. The quantitative estimate of drug-likeness (QED) is 0.618. The van der Waals surface area contributed by atoms with Crippen LogP contribution in [0, 0.1) is 17.8 Å². The fourth-order valence-corrected chi connectivity index (χ4v) is 1.94. The van der Waals surface area contributed by atoms with E-state index < -0.39 is 0 Å². The van der Waals surface area contributed by atoms with Crippen LogP contribution in [0.2, 0.25) is 0 Å². The van der Waals surface area contributed by atoms with Gasteiger partial charge in [0.05, 0.1) is 6.10 Å². The van der Waals surface area contributed by atoms with Crippen LogP contribution in [0.3, 0.4) is 0 Å². The van der Waals surface area contributed by atoms with E-state index in [0.717, 1.165) is 18.3 Å². The molecule has 2 unspecified atom stereocenters. The van der Waals surface area contributed by atoms with Crippen molar-refractivity contribution in [1.29, 1.82) is 0 Å². The van der Waals surface area contributed by atoms with Crippen LogP contribution in [0.15, 0.2) is 0 Å². The molecule has 1 fully saturated rings. The van der Waals surface area contributed by atoms with Crippen molar-refractivity contribution in [2.45, 2.75) is 46.1 Å². The largest absolute Gasteiger partial charge is 0.393 e. The van der Waals surface area contributed by atoms with Gasteiger partial charge >= 0.3 is 0 Å². The van der Waals surface area contributed by atoms with Crippen LogP contribution in [0.1, 0.15) is 40.0 Å². The van der Waals surface area contributed by atoms with Crippen LogP contribution in [0.25, 0.3) is 0 Å². The van der Waals surface area contributed by atoms with Crippen molar-refractivity contribution in [3.8, 4) is 0 Å². The molecule has 1 rings (SSSR count). The topological polar surface area (TPSA) is 20.2 Å². The Balaban J connectivity index is 2.40. The first kappa shape index (κ1) is 9.05. The maximum absolute atomic E-state index is 9.60. The van der Waals surface area contributed by atoms with Crippen LogP contribution in [0.4, 0.5) is 0 Å². The van der Waals surface area contributed by atoms with E-state index in [1.54, 1.807) is 0 Å². The molecule has 1 aliphatic rings. The highest BCUT2D eigenvalue weighted by atomic mass is 16.3. The molecule has 66 valence electrons. The Bertz CT molecular complexity index is 120. The first-order valence-electron chi connectivity index (χ1n) is 4.79. The number of aliphatic hydroxyl groups excluding tert-OH is 1. The van der Waals surface area contributed by atoms with Gasteiger partial charge in [0, 0.05) is 0 Å². The predicted octanol–water partition coefficient (Wildman–Crippen LogP) is 2.44. The average molecular weight is 156 g/mol. The summed E-state index contributed by atoms with van der Waals surface area (Å²) in [7, 11) is 0. The Morgan fingerprint density at radius 2 is 1.91 bits per heavy atom. The molecule has 0 heterocycles. The lowest BCUT2D eigenvalue weighted by Gasteiger charge is -2.33. The lowest BCUT2D eigenvalue weighted by Crippen LogP contribution is -2.29. The first-order chi connectivity index (χ1) is 5.11. The highest BCUT2D eigenvalue weighted by Crippen LogP contribution is 2.32. The van der Waals surface area contributed by atoms with E-state index in [2.05, 4.69) is 20.8 Å².